The Labute approximate surface area is 77.9 Å². The topological polar surface area (TPSA) is 56.2 Å². The number of hydrogen-bond acceptors (Lipinski definition) is 3. The average molecular weight is 181 g/mol. The van der Waals surface area contributed by atoms with E-state index in [2.05, 4.69) is 0 Å². The van der Waals surface area contributed by atoms with E-state index in [1.54, 1.807) is 6.07 Å². The number of carbonyl (C=O) groups is 1. The van der Waals surface area contributed by atoms with Crippen molar-refractivity contribution in [2.45, 2.75) is 26.3 Å². The van der Waals surface area contributed by atoms with Crippen molar-refractivity contribution < 1.29 is 9.21 Å². The number of nitrogens with two attached hydrogens (primary N) is 1. The third-order valence-corrected chi connectivity index (χ3v) is 1.87. The van der Waals surface area contributed by atoms with Crippen LogP contribution in [-0.2, 0) is 0 Å². The van der Waals surface area contributed by atoms with E-state index in [-0.39, 0.29) is 5.78 Å². The van der Waals surface area contributed by atoms with Gasteiger partial charge in [-0.3, -0.25) is 4.79 Å². The van der Waals surface area contributed by atoms with Crippen LogP contribution in [0.1, 0.15) is 30.6 Å². The molecule has 0 saturated carbocycles. The second kappa shape index (κ2) is 4.23. The van der Waals surface area contributed by atoms with E-state index in [0.29, 0.717) is 17.9 Å². The molecule has 3 nitrogen and oxygen atoms in total. The minimum atomic E-state index is -0.405. The van der Waals surface area contributed by atoms with Crippen LogP contribution in [0.15, 0.2) is 23.0 Å². The molecule has 0 bridgehead atoms. The van der Waals surface area contributed by atoms with Crippen molar-refractivity contribution in [2.24, 2.45) is 11.7 Å². The predicted octanol–water partition coefficient (Wildman–Crippen LogP) is 1.84. The summed E-state index contributed by atoms with van der Waals surface area (Å²) >= 11 is 0. The van der Waals surface area contributed by atoms with Gasteiger partial charge in [0.2, 0.25) is 0 Å². The third kappa shape index (κ3) is 2.70. The van der Waals surface area contributed by atoms with Crippen LogP contribution >= 0.6 is 0 Å². The van der Waals surface area contributed by atoms with Crippen LogP contribution in [0, 0.1) is 5.92 Å². The SMILES string of the molecule is CC(C)CC(N)C(=O)c1ccoc1. The van der Waals surface area contributed by atoms with Gasteiger partial charge < -0.3 is 10.2 Å². The van der Waals surface area contributed by atoms with Gasteiger partial charge in [-0.2, -0.15) is 0 Å². The van der Waals surface area contributed by atoms with Crippen LogP contribution in [-0.4, -0.2) is 11.8 Å². The number of carbonyl (C=O) groups excluding carboxylic acids is 1. The highest BCUT2D eigenvalue weighted by molar-refractivity contribution is 5.99. The van der Waals surface area contributed by atoms with E-state index in [4.69, 9.17) is 10.2 Å². The number of furan rings is 1. The molecule has 1 rings (SSSR count). The summed E-state index contributed by atoms with van der Waals surface area (Å²) in [6.45, 7) is 4.09. The maximum atomic E-state index is 11.6. The van der Waals surface area contributed by atoms with Gasteiger partial charge in [-0.15, -0.1) is 0 Å². The fraction of sp³-hybridized carbons (Fsp3) is 0.500. The van der Waals surface area contributed by atoms with Gasteiger partial charge >= 0.3 is 0 Å². The average Bonchev–Trinajstić information content (AvgIpc) is 2.53. The van der Waals surface area contributed by atoms with E-state index in [1.807, 2.05) is 13.8 Å². The monoisotopic (exact) mass is 181 g/mol. The van der Waals surface area contributed by atoms with Crippen LogP contribution in [0.4, 0.5) is 0 Å². The summed E-state index contributed by atoms with van der Waals surface area (Å²) < 4.78 is 4.81. The molecule has 3 heteroatoms. The van der Waals surface area contributed by atoms with Crippen LogP contribution in [0.5, 0.6) is 0 Å². The summed E-state index contributed by atoms with van der Waals surface area (Å²) in [5.41, 5.74) is 6.28. The van der Waals surface area contributed by atoms with Crippen molar-refractivity contribution in [1.82, 2.24) is 0 Å². The minimum absolute atomic E-state index is 0.0394. The number of Topliss-reactive ketones (excluding diaryl/α,β-unsaturated/α-hetero) is 1. The van der Waals surface area contributed by atoms with Gasteiger partial charge in [-0.1, -0.05) is 13.8 Å². The van der Waals surface area contributed by atoms with E-state index in [9.17, 15) is 4.79 Å². The zero-order valence-corrected chi connectivity index (χ0v) is 7.99. The number of ketones is 1. The highest BCUT2D eigenvalue weighted by atomic mass is 16.3. The van der Waals surface area contributed by atoms with Crippen molar-refractivity contribution in [1.29, 1.82) is 0 Å². The Hall–Kier alpha value is -1.09. The molecule has 0 amide bonds. The van der Waals surface area contributed by atoms with Gasteiger partial charge in [-0.25, -0.2) is 0 Å². The largest absolute Gasteiger partial charge is 0.472 e. The molecule has 0 aliphatic rings. The number of rotatable bonds is 4. The first-order chi connectivity index (χ1) is 6.11. The first-order valence-electron chi connectivity index (χ1n) is 4.43. The standard InChI is InChI=1S/C10H15NO2/c1-7(2)5-9(11)10(12)8-3-4-13-6-8/h3-4,6-7,9H,5,11H2,1-2H3. The third-order valence-electron chi connectivity index (χ3n) is 1.87. The van der Waals surface area contributed by atoms with Gasteiger partial charge in [0.1, 0.15) is 6.26 Å². The maximum absolute atomic E-state index is 11.6. The molecule has 1 atom stereocenters. The Bertz CT molecular complexity index is 264. The van der Waals surface area contributed by atoms with Crippen molar-refractivity contribution in [3.63, 3.8) is 0 Å². The van der Waals surface area contributed by atoms with E-state index < -0.39 is 6.04 Å². The van der Waals surface area contributed by atoms with E-state index in [0.717, 1.165) is 0 Å². The lowest BCUT2D eigenvalue weighted by Gasteiger charge is -2.11. The highest BCUT2D eigenvalue weighted by Gasteiger charge is 2.17. The first kappa shape index (κ1) is 9.99. The Balaban J connectivity index is 2.58. The Kier molecular flexibility index (Phi) is 3.25. The van der Waals surface area contributed by atoms with Crippen molar-refractivity contribution in [3.05, 3.63) is 24.2 Å². The molecule has 0 fully saturated rings. The molecule has 1 unspecified atom stereocenters. The summed E-state index contributed by atoms with van der Waals surface area (Å²) in [6.07, 6.45) is 3.63. The normalized spacial score (nSPS) is 13.2. The predicted molar refractivity (Wildman–Crippen MR) is 50.5 cm³/mol. The molecule has 72 valence electrons. The molecular weight excluding hydrogens is 166 g/mol. The smallest absolute Gasteiger partial charge is 0.182 e. The van der Waals surface area contributed by atoms with Gasteiger partial charge in [0.15, 0.2) is 5.78 Å². The molecule has 13 heavy (non-hydrogen) atoms. The lowest BCUT2D eigenvalue weighted by atomic mass is 9.98. The van der Waals surface area contributed by atoms with Gasteiger partial charge in [0.05, 0.1) is 17.9 Å². The van der Waals surface area contributed by atoms with E-state index in [1.165, 1.54) is 12.5 Å². The van der Waals surface area contributed by atoms with E-state index >= 15 is 0 Å². The summed E-state index contributed by atoms with van der Waals surface area (Å²) in [4.78, 5) is 11.6. The Morgan fingerprint density at radius 2 is 2.31 bits per heavy atom. The molecule has 0 radical (unpaired) electrons. The fourth-order valence-electron chi connectivity index (χ4n) is 1.23. The lowest BCUT2D eigenvalue weighted by Crippen LogP contribution is -2.31. The molecule has 1 aromatic heterocycles. The molecule has 2 N–H and O–H groups in total. The molecule has 0 aromatic carbocycles. The molecule has 1 aromatic rings. The van der Waals surface area contributed by atoms with Crippen molar-refractivity contribution in [2.75, 3.05) is 0 Å². The minimum Gasteiger partial charge on any atom is -0.472 e. The lowest BCUT2D eigenvalue weighted by molar-refractivity contribution is 0.0950. The molecule has 0 aliphatic heterocycles. The van der Waals surface area contributed by atoms with Gasteiger partial charge in [0, 0.05) is 0 Å². The summed E-state index contributed by atoms with van der Waals surface area (Å²) in [5, 5.41) is 0. The summed E-state index contributed by atoms with van der Waals surface area (Å²) in [7, 11) is 0. The fourth-order valence-corrected chi connectivity index (χ4v) is 1.23. The first-order valence-corrected chi connectivity index (χ1v) is 4.43. The molecular formula is C10H15NO2. The van der Waals surface area contributed by atoms with Gasteiger partial charge in [-0.05, 0) is 18.4 Å². The van der Waals surface area contributed by atoms with Crippen molar-refractivity contribution in [3.8, 4) is 0 Å². The Morgan fingerprint density at radius 1 is 1.62 bits per heavy atom. The molecule has 0 aliphatic carbocycles. The highest BCUT2D eigenvalue weighted by Crippen LogP contribution is 2.09. The van der Waals surface area contributed by atoms with Crippen molar-refractivity contribution >= 4 is 5.78 Å². The number of hydrogen-bond donors (Lipinski definition) is 1. The second-order valence-corrected chi connectivity index (χ2v) is 3.61. The molecule has 0 saturated heterocycles. The maximum Gasteiger partial charge on any atom is 0.182 e. The van der Waals surface area contributed by atoms with Crippen LogP contribution in [0.25, 0.3) is 0 Å². The zero-order chi connectivity index (χ0) is 9.84. The zero-order valence-electron chi connectivity index (χ0n) is 7.99. The quantitative estimate of drug-likeness (QED) is 0.721. The van der Waals surface area contributed by atoms with Crippen LogP contribution < -0.4 is 5.73 Å². The van der Waals surface area contributed by atoms with Gasteiger partial charge in [0.25, 0.3) is 0 Å². The van der Waals surface area contributed by atoms with Crippen LogP contribution in [0.3, 0.4) is 0 Å². The summed E-state index contributed by atoms with van der Waals surface area (Å²) in [6, 6.07) is 1.24. The summed E-state index contributed by atoms with van der Waals surface area (Å²) in [5.74, 6) is 0.397. The second-order valence-electron chi connectivity index (χ2n) is 3.61. The van der Waals surface area contributed by atoms with Crippen LogP contribution in [0.2, 0.25) is 0 Å². The Morgan fingerprint density at radius 3 is 2.77 bits per heavy atom. The molecule has 1 heterocycles. The molecule has 0 spiro atoms.